The lowest BCUT2D eigenvalue weighted by atomic mass is 9.86. The third-order valence-electron chi connectivity index (χ3n) is 5.78. The van der Waals surface area contributed by atoms with Gasteiger partial charge < -0.3 is 14.8 Å². The molecule has 4 heteroatoms. The van der Waals surface area contributed by atoms with Crippen molar-refractivity contribution in [2.24, 2.45) is 17.8 Å². The molecule has 0 saturated heterocycles. The van der Waals surface area contributed by atoms with Gasteiger partial charge in [0.05, 0.1) is 6.04 Å². The normalized spacial score (nSPS) is 29.3. The largest absolute Gasteiger partial charge is 0.486 e. The average molecular weight is 315 g/mol. The van der Waals surface area contributed by atoms with E-state index in [1.807, 2.05) is 25.1 Å². The van der Waals surface area contributed by atoms with Crippen LogP contribution in [0.5, 0.6) is 11.5 Å². The molecule has 1 N–H and O–H groups in total. The van der Waals surface area contributed by atoms with Crippen molar-refractivity contribution in [3.05, 3.63) is 23.8 Å². The monoisotopic (exact) mass is 315 g/mol. The first-order valence-electron chi connectivity index (χ1n) is 8.88. The Kier molecular flexibility index (Phi) is 3.92. The van der Waals surface area contributed by atoms with Crippen molar-refractivity contribution < 1.29 is 14.3 Å². The Labute approximate surface area is 137 Å². The van der Waals surface area contributed by atoms with Gasteiger partial charge in [0.15, 0.2) is 11.5 Å². The molecule has 124 valence electrons. The van der Waals surface area contributed by atoms with Crippen LogP contribution in [0.15, 0.2) is 18.2 Å². The zero-order chi connectivity index (χ0) is 15.8. The number of carbonyl (C=O) groups excluding carboxylic acids is 1. The van der Waals surface area contributed by atoms with Gasteiger partial charge in [0, 0.05) is 6.42 Å². The van der Waals surface area contributed by atoms with Crippen LogP contribution in [0.2, 0.25) is 0 Å². The summed E-state index contributed by atoms with van der Waals surface area (Å²) in [5, 5.41) is 3.15. The van der Waals surface area contributed by atoms with Gasteiger partial charge in [0.2, 0.25) is 5.91 Å². The van der Waals surface area contributed by atoms with E-state index in [1.165, 1.54) is 25.7 Å². The maximum absolute atomic E-state index is 12.4. The highest BCUT2D eigenvalue weighted by molar-refractivity contribution is 5.76. The summed E-state index contributed by atoms with van der Waals surface area (Å²) in [6.07, 6.45) is 6.03. The third-order valence-corrected chi connectivity index (χ3v) is 5.78. The summed E-state index contributed by atoms with van der Waals surface area (Å²) < 4.78 is 11.2. The number of hydrogen-bond acceptors (Lipinski definition) is 3. The minimum atomic E-state index is -0.00285. The lowest BCUT2D eigenvalue weighted by Crippen LogP contribution is -2.29. The van der Waals surface area contributed by atoms with Gasteiger partial charge >= 0.3 is 0 Å². The number of benzene rings is 1. The second kappa shape index (κ2) is 6.06. The Bertz CT molecular complexity index is 600. The Morgan fingerprint density at radius 3 is 2.78 bits per heavy atom. The van der Waals surface area contributed by atoms with E-state index >= 15 is 0 Å². The Morgan fingerprint density at radius 1 is 1.22 bits per heavy atom. The van der Waals surface area contributed by atoms with E-state index in [0.29, 0.717) is 25.6 Å². The zero-order valence-corrected chi connectivity index (χ0v) is 13.7. The van der Waals surface area contributed by atoms with E-state index < -0.39 is 0 Å². The van der Waals surface area contributed by atoms with Crippen LogP contribution in [-0.2, 0) is 4.79 Å². The van der Waals surface area contributed by atoms with Crippen molar-refractivity contribution in [2.45, 2.75) is 45.1 Å². The van der Waals surface area contributed by atoms with Gasteiger partial charge in [-0.25, -0.2) is 0 Å². The SMILES string of the molecule is CC(NC(=O)CC1CC2CCC1C2)c1ccc2c(c1)OCCO2. The van der Waals surface area contributed by atoms with E-state index in [-0.39, 0.29) is 11.9 Å². The standard InChI is InChI=1S/C19H25NO3/c1-12(14-4-5-17-18(10-14)23-7-6-22-17)20-19(21)11-16-9-13-2-3-15(16)8-13/h4-5,10,12-13,15-16H,2-3,6-9,11H2,1H3,(H,20,21). The van der Waals surface area contributed by atoms with Gasteiger partial charge in [-0.15, -0.1) is 0 Å². The molecule has 2 aliphatic carbocycles. The van der Waals surface area contributed by atoms with Crippen LogP contribution < -0.4 is 14.8 Å². The minimum Gasteiger partial charge on any atom is -0.486 e. The van der Waals surface area contributed by atoms with Gasteiger partial charge in [-0.1, -0.05) is 12.5 Å². The number of hydrogen-bond donors (Lipinski definition) is 1. The molecule has 2 fully saturated rings. The summed E-state index contributed by atoms with van der Waals surface area (Å²) in [4.78, 5) is 12.4. The van der Waals surface area contributed by atoms with Crippen molar-refractivity contribution in [3.63, 3.8) is 0 Å². The lowest BCUT2D eigenvalue weighted by molar-refractivity contribution is -0.123. The molecule has 23 heavy (non-hydrogen) atoms. The number of fused-ring (bicyclic) bond motifs is 3. The first-order valence-corrected chi connectivity index (χ1v) is 8.88. The average Bonchev–Trinajstić information content (AvgIpc) is 3.17. The zero-order valence-electron chi connectivity index (χ0n) is 13.7. The maximum Gasteiger partial charge on any atom is 0.220 e. The van der Waals surface area contributed by atoms with Crippen molar-refractivity contribution in [1.82, 2.24) is 5.32 Å². The smallest absolute Gasteiger partial charge is 0.220 e. The fourth-order valence-electron chi connectivity index (χ4n) is 4.58. The number of amides is 1. The van der Waals surface area contributed by atoms with Crippen LogP contribution in [0.3, 0.4) is 0 Å². The molecule has 1 heterocycles. The highest BCUT2D eigenvalue weighted by Crippen LogP contribution is 2.49. The van der Waals surface area contributed by atoms with E-state index in [4.69, 9.17) is 9.47 Å². The Balaban J connectivity index is 1.35. The summed E-state index contributed by atoms with van der Waals surface area (Å²) in [5.74, 6) is 4.07. The molecule has 0 aromatic heterocycles. The molecule has 0 spiro atoms. The van der Waals surface area contributed by atoms with Gasteiger partial charge in [-0.3, -0.25) is 4.79 Å². The highest BCUT2D eigenvalue weighted by atomic mass is 16.6. The van der Waals surface area contributed by atoms with Crippen molar-refractivity contribution in [3.8, 4) is 11.5 Å². The maximum atomic E-state index is 12.4. The van der Waals surface area contributed by atoms with Gasteiger partial charge in [0.25, 0.3) is 0 Å². The molecule has 1 aromatic rings. The summed E-state index contributed by atoms with van der Waals surface area (Å²) in [6, 6.07) is 5.92. The third kappa shape index (κ3) is 3.04. The second-order valence-electron chi connectivity index (χ2n) is 7.33. The van der Waals surface area contributed by atoms with Crippen LogP contribution in [-0.4, -0.2) is 19.1 Å². The van der Waals surface area contributed by atoms with Crippen molar-refractivity contribution >= 4 is 5.91 Å². The molecular weight excluding hydrogens is 290 g/mol. The molecule has 1 amide bonds. The molecule has 2 bridgehead atoms. The molecular formula is C19H25NO3. The Morgan fingerprint density at radius 2 is 2.04 bits per heavy atom. The van der Waals surface area contributed by atoms with Crippen molar-refractivity contribution in [1.29, 1.82) is 0 Å². The van der Waals surface area contributed by atoms with Crippen LogP contribution in [0.25, 0.3) is 0 Å². The molecule has 1 aromatic carbocycles. The molecule has 2 saturated carbocycles. The van der Waals surface area contributed by atoms with Crippen LogP contribution in [0.1, 0.15) is 50.6 Å². The molecule has 4 unspecified atom stereocenters. The fraction of sp³-hybridized carbons (Fsp3) is 0.632. The second-order valence-corrected chi connectivity index (χ2v) is 7.33. The van der Waals surface area contributed by atoms with Gasteiger partial charge in [-0.2, -0.15) is 0 Å². The molecule has 1 aliphatic heterocycles. The predicted molar refractivity (Wildman–Crippen MR) is 87.5 cm³/mol. The minimum absolute atomic E-state index is 0.00285. The van der Waals surface area contributed by atoms with Gasteiger partial charge in [0.1, 0.15) is 13.2 Å². The molecule has 0 radical (unpaired) electrons. The number of rotatable bonds is 4. The van der Waals surface area contributed by atoms with Crippen LogP contribution >= 0.6 is 0 Å². The lowest BCUT2D eigenvalue weighted by Gasteiger charge is -2.23. The molecule has 4 nitrogen and oxygen atoms in total. The number of carbonyl (C=O) groups is 1. The van der Waals surface area contributed by atoms with Gasteiger partial charge in [-0.05, 0) is 61.6 Å². The summed E-state index contributed by atoms with van der Waals surface area (Å²) >= 11 is 0. The Hall–Kier alpha value is -1.71. The molecule has 3 aliphatic rings. The van der Waals surface area contributed by atoms with Crippen LogP contribution in [0.4, 0.5) is 0 Å². The van der Waals surface area contributed by atoms with E-state index in [1.54, 1.807) is 0 Å². The summed E-state index contributed by atoms with van der Waals surface area (Å²) in [6.45, 7) is 3.22. The predicted octanol–water partition coefficient (Wildman–Crippen LogP) is 3.46. The van der Waals surface area contributed by atoms with E-state index in [2.05, 4.69) is 5.32 Å². The number of nitrogens with one attached hydrogen (secondary N) is 1. The van der Waals surface area contributed by atoms with E-state index in [0.717, 1.165) is 28.9 Å². The summed E-state index contributed by atoms with van der Waals surface area (Å²) in [5.41, 5.74) is 1.07. The first-order chi connectivity index (χ1) is 11.2. The highest BCUT2D eigenvalue weighted by Gasteiger charge is 2.40. The quantitative estimate of drug-likeness (QED) is 0.925. The molecule has 4 rings (SSSR count). The summed E-state index contributed by atoms with van der Waals surface area (Å²) in [7, 11) is 0. The first kappa shape index (κ1) is 14.9. The van der Waals surface area contributed by atoms with E-state index in [9.17, 15) is 4.79 Å². The molecule has 4 atom stereocenters. The fourth-order valence-corrected chi connectivity index (χ4v) is 4.58. The number of ether oxygens (including phenoxy) is 2. The van der Waals surface area contributed by atoms with Crippen molar-refractivity contribution in [2.75, 3.05) is 13.2 Å². The van der Waals surface area contributed by atoms with Crippen LogP contribution in [0, 0.1) is 17.8 Å². The topological polar surface area (TPSA) is 47.6 Å².